The van der Waals surface area contributed by atoms with Crippen molar-refractivity contribution in [2.24, 2.45) is 0 Å². The van der Waals surface area contributed by atoms with E-state index in [9.17, 15) is 9.59 Å². The van der Waals surface area contributed by atoms with Gasteiger partial charge in [0.05, 0.1) is 20.3 Å². The van der Waals surface area contributed by atoms with E-state index >= 15 is 0 Å². The summed E-state index contributed by atoms with van der Waals surface area (Å²) in [6, 6.07) is 18.5. The molecule has 3 rings (SSSR count). The Morgan fingerprint density at radius 1 is 0.706 bits per heavy atom. The van der Waals surface area contributed by atoms with Crippen LogP contribution in [0.15, 0.2) is 69.6 Å². The third kappa shape index (κ3) is 7.33. The standard InChI is InChI=1S/C26H26Br2N2O4/c1-3-17-9-11-23(19(27)13-17)33-15-25(31)29-21-7-5-6-8-22(21)30-26(32)16-34-24-12-10-18(4-2)14-20(24)28/h5-14H,3-4,15-16H2,1-2H3,(H,29,31)(H,30,32). The van der Waals surface area contributed by atoms with Gasteiger partial charge in [-0.15, -0.1) is 0 Å². The van der Waals surface area contributed by atoms with E-state index in [2.05, 4.69) is 56.3 Å². The Bertz CT molecular complexity index is 1080. The Hall–Kier alpha value is -2.84. The molecule has 0 spiro atoms. The molecule has 0 aliphatic carbocycles. The summed E-state index contributed by atoms with van der Waals surface area (Å²) in [5.41, 5.74) is 3.28. The Labute approximate surface area is 216 Å². The molecule has 8 heteroatoms. The molecule has 34 heavy (non-hydrogen) atoms. The number of carbonyl (C=O) groups is 2. The molecule has 0 saturated carbocycles. The predicted molar refractivity (Wildman–Crippen MR) is 142 cm³/mol. The highest BCUT2D eigenvalue weighted by atomic mass is 79.9. The van der Waals surface area contributed by atoms with Crippen molar-refractivity contribution in [2.45, 2.75) is 26.7 Å². The van der Waals surface area contributed by atoms with Gasteiger partial charge in [0.1, 0.15) is 11.5 Å². The summed E-state index contributed by atoms with van der Waals surface area (Å²) >= 11 is 6.94. The number of halogens is 2. The molecule has 0 heterocycles. The van der Waals surface area contributed by atoms with E-state index in [0.717, 1.165) is 21.8 Å². The highest BCUT2D eigenvalue weighted by molar-refractivity contribution is 9.10. The van der Waals surface area contributed by atoms with Crippen LogP contribution in [0, 0.1) is 0 Å². The zero-order valence-corrected chi connectivity index (χ0v) is 22.2. The molecular formula is C26H26Br2N2O4. The minimum absolute atomic E-state index is 0.169. The number of ether oxygens (including phenoxy) is 2. The molecule has 0 bridgehead atoms. The van der Waals surface area contributed by atoms with E-state index in [1.165, 1.54) is 11.1 Å². The maximum atomic E-state index is 12.5. The van der Waals surface area contributed by atoms with Gasteiger partial charge < -0.3 is 20.1 Å². The van der Waals surface area contributed by atoms with Gasteiger partial charge in [-0.05, 0) is 92.2 Å². The van der Waals surface area contributed by atoms with Gasteiger partial charge in [-0.2, -0.15) is 0 Å². The first-order valence-electron chi connectivity index (χ1n) is 10.9. The van der Waals surface area contributed by atoms with Gasteiger partial charge in [-0.1, -0.05) is 38.1 Å². The van der Waals surface area contributed by atoms with E-state index in [0.29, 0.717) is 22.9 Å². The number of aryl methyl sites for hydroxylation is 2. The average Bonchev–Trinajstić information content (AvgIpc) is 2.83. The van der Waals surface area contributed by atoms with Crippen LogP contribution in [0.1, 0.15) is 25.0 Å². The summed E-state index contributed by atoms with van der Waals surface area (Å²) in [7, 11) is 0. The van der Waals surface area contributed by atoms with Crippen molar-refractivity contribution in [2.75, 3.05) is 23.8 Å². The summed E-state index contributed by atoms with van der Waals surface area (Å²) < 4.78 is 12.9. The lowest BCUT2D eigenvalue weighted by molar-refractivity contribution is -0.119. The second kappa shape index (κ2) is 12.6. The smallest absolute Gasteiger partial charge is 0.262 e. The third-order valence-corrected chi connectivity index (χ3v) is 6.24. The van der Waals surface area contributed by atoms with Gasteiger partial charge in [-0.3, -0.25) is 9.59 Å². The van der Waals surface area contributed by atoms with Crippen LogP contribution in [0.5, 0.6) is 11.5 Å². The SMILES string of the molecule is CCc1ccc(OCC(=O)Nc2ccccc2NC(=O)COc2ccc(CC)cc2Br)c(Br)c1. The maximum Gasteiger partial charge on any atom is 0.262 e. The molecule has 0 radical (unpaired) electrons. The molecule has 2 N–H and O–H groups in total. The molecule has 2 amide bonds. The topological polar surface area (TPSA) is 76.7 Å². The molecule has 178 valence electrons. The first-order chi connectivity index (χ1) is 16.4. The molecule has 6 nitrogen and oxygen atoms in total. The van der Waals surface area contributed by atoms with E-state index in [4.69, 9.17) is 9.47 Å². The van der Waals surface area contributed by atoms with Crippen LogP contribution in [-0.2, 0) is 22.4 Å². The molecule has 0 aromatic heterocycles. The van der Waals surface area contributed by atoms with E-state index in [1.54, 1.807) is 24.3 Å². The zero-order chi connectivity index (χ0) is 24.5. The van der Waals surface area contributed by atoms with Crippen molar-refractivity contribution >= 4 is 55.0 Å². The Balaban J connectivity index is 1.55. The number of hydrogen-bond donors (Lipinski definition) is 2. The molecule has 3 aromatic rings. The summed E-state index contributed by atoms with van der Waals surface area (Å²) in [5.74, 6) is 0.488. The average molecular weight is 590 g/mol. The summed E-state index contributed by atoms with van der Waals surface area (Å²) in [6.45, 7) is 3.80. The minimum Gasteiger partial charge on any atom is -0.483 e. The van der Waals surface area contributed by atoms with Gasteiger partial charge in [0.15, 0.2) is 13.2 Å². The first-order valence-corrected chi connectivity index (χ1v) is 12.5. The van der Waals surface area contributed by atoms with Gasteiger partial charge >= 0.3 is 0 Å². The van der Waals surface area contributed by atoms with Crippen LogP contribution in [-0.4, -0.2) is 25.0 Å². The van der Waals surface area contributed by atoms with Gasteiger partial charge in [0, 0.05) is 0 Å². The molecule has 0 saturated heterocycles. The highest BCUT2D eigenvalue weighted by Crippen LogP contribution is 2.28. The Morgan fingerprint density at radius 2 is 1.12 bits per heavy atom. The summed E-state index contributed by atoms with van der Waals surface area (Å²) in [5, 5.41) is 5.56. The van der Waals surface area contributed by atoms with Crippen LogP contribution in [0.25, 0.3) is 0 Å². The summed E-state index contributed by atoms with van der Waals surface area (Å²) in [6.07, 6.45) is 1.82. The maximum absolute atomic E-state index is 12.5. The summed E-state index contributed by atoms with van der Waals surface area (Å²) in [4.78, 5) is 24.9. The van der Waals surface area contributed by atoms with E-state index < -0.39 is 0 Å². The number of hydrogen-bond acceptors (Lipinski definition) is 4. The van der Waals surface area contributed by atoms with Crippen LogP contribution in [0.2, 0.25) is 0 Å². The van der Waals surface area contributed by atoms with Crippen LogP contribution in [0.4, 0.5) is 11.4 Å². The van der Waals surface area contributed by atoms with Crippen molar-refractivity contribution in [1.29, 1.82) is 0 Å². The number of amides is 2. The van der Waals surface area contributed by atoms with E-state index in [-0.39, 0.29) is 25.0 Å². The van der Waals surface area contributed by atoms with Crippen LogP contribution < -0.4 is 20.1 Å². The van der Waals surface area contributed by atoms with Crippen molar-refractivity contribution in [1.82, 2.24) is 0 Å². The Morgan fingerprint density at radius 3 is 1.47 bits per heavy atom. The lowest BCUT2D eigenvalue weighted by atomic mass is 10.2. The van der Waals surface area contributed by atoms with Crippen molar-refractivity contribution < 1.29 is 19.1 Å². The number of carbonyl (C=O) groups excluding carboxylic acids is 2. The molecule has 0 unspecified atom stereocenters. The van der Waals surface area contributed by atoms with Crippen molar-refractivity contribution in [3.8, 4) is 11.5 Å². The molecule has 0 aliphatic rings. The lowest BCUT2D eigenvalue weighted by Gasteiger charge is -2.14. The molecular weight excluding hydrogens is 564 g/mol. The molecule has 0 fully saturated rings. The molecule has 0 atom stereocenters. The van der Waals surface area contributed by atoms with Gasteiger partial charge in [-0.25, -0.2) is 0 Å². The molecule has 3 aromatic carbocycles. The first kappa shape index (κ1) is 25.8. The number of rotatable bonds is 10. The number of anilines is 2. The van der Waals surface area contributed by atoms with Gasteiger partial charge in [0.2, 0.25) is 0 Å². The van der Waals surface area contributed by atoms with E-state index in [1.807, 2.05) is 36.4 Å². The third-order valence-electron chi connectivity index (χ3n) is 5.00. The highest BCUT2D eigenvalue weighted by Gasteiger charge is 2.12. The van der Waals surface area contributed by atoms with Crippen molar-refractivity contribution in [3.05, 3.63) is 80.7 Å². The second-order valence-corrected chi connectivity index (χ2v) is 9.16. The quantitative estimate of drug-likeness (QED) is 0.288. The fraction of sp³-hybridized carbons (Fsp3) is 0.231. The van der Waals surface area contributed by atoms with Crippen LogP contribution >= 0.6 is 31.9 Å². The molecule has 0 aliphatic heterocycles. The van der Waals surface area contributed by atoms with Crippen molar-refractivity contribution in [3.63, 3.8) is 0 Å². The van der Waals surface area contributed by atoms with Crippen LogP contribution in [0.3, 0.4) is 0 Å². The number of para-hydroxylation sites is 2. The predicted octanol–water partition coefficient (Wildman–Crippen LogP) is 6.37. The fourth-order valence-electron chi connectivity index (χ4n) is 3.12. The zero-order valence-electron chi connectivity index (χ0n) is 19.0. The number of benzene rings is 3. The second-order valence-electron chi connectivity index (χ2n) is 7.46. The largest absolute Gasteiger partial charge is 0.483 e. The Kier molecular flexibility index (Phi) is 9.53. The fourth-order valence-corrected chi connectivity index (χ4v) is 4.20. The van der Waals surface area contributed by atoms with Gasteiger partial charge in [0.25, 0.3) is 11.8 Å². The number of nitrogens with one attached hydrogen (secondary N) is 2. The normalized spacial score (nSPS) is 10.5. The minimum atomic E-state index is -0.343. The monoisotopic (exact) mass is 588 g/mol. The lowest BCUT2D eigenvalue weighted by Crippen LogP contribution is -2.23.